The SMILES string of the molecule is O=C(Nc1ccc2scnc2c1)c1cccc([C@@H]2C[C@H]2NCC2CC2)c1. The summed E-state index contributed by atoms with van der Waals surface area (Å²) in [6, 6.07) is 14.5. The fourth-order valence-electron chi connectivity index (χ4n) is 3.48. The molecule has 2 aromatic carbocycles. The van der Waals surface area contributed by atoms with Gasteiger partial charge in [0.15, 0.2) is 0 Å². The summed E-state index contributed by atoms with van der Waals surface area (Å²) in [5, 5.41) is 6.66. The predicted molar refractivity (Wildman–Crippen MR) is 106 cm³/mol. The Bertz CT molecular complexity index is 963. The van der Waals surface area contributed by atoms with Crippen LogP contribution in [0, 0.1) is 5.92 Å². The van der Waals surface area contributed by atoms with Crippen LogP contribution in [0.15, 0.2) is 48.0 Å². The highest BCUT2D eigenvalue weighted by atomic mass is 32.1. The van der Waals surface area contributed by atoms with Crippen LogP contribution in [-0.4, -0.2) is 23.5 Å². The van der Waals surface area contributed by atoms with E-state index in [9.17, 15) is 4.79 Å². The van der Waals surface area contributed by atoms with Crippen LogP contribution in [0.5, 0.6) is 0 Å². The number of carbonyl (C=O) groups is 1. The van der Waals surface area contributed by atoms with Crippen LogP contribution in [-0.2, 0) is 0 Å². The quantitative estimate of drug-likeness (QED) is 0.682. The molecule has 2 N–H and O–H groups in total. The lowest BCUT2D eigenvalue weighted by atomic mass is 10.1. The van der Waals surface area contributed by atoms with Crippen LogP contribution in [0.25, 0.3) is 10.2 Å². The fourth-order valence-corrected chi connectivity index (χ4v) is 4.14. The largest absolute Gasteiger partial charge is 0.322 e. The summed E-state index contributed by atoms with van der Waals surface area (Å²) in [4.78, 5) is 17.0. The Kier molecular flexibility index (Phi) is 3.98. The van der Waals surface area contributed by atoms with Gasteiger partial charge in [0.25, 0.3) is 5.91 Å². The summed E-state index contributed by atoms with van der Waals surface area (Å²) in [6.07, 6.45) is 3.94. The van der Waals surface area contributed by atoms with E-state index in [1.54, 1.807) is 11.3 Å². The second kappa shape index (κ2) is 6.49. The molecule has 132 valence electrons. The summed E-state index contributed by atoms with van der Waals surface area (Å²) < 4.78 is 1.13. The number of carbonyl (C=O) groups excluding carboxylic acids is 1. The highest BCUT2D eigenvalue weighted by molar-refractivity contribution is 7.16. The van der Waals surface area contributed by atoms with Gasteiger partial charge < -0.3 is 10.6 Å². The normalized spacial score (nSPS) is 21.7. The van der Waals surface area contributed by atoms with Crippen molar-refractivity contribution in [3.05, 3.63) is 59.1 Å². The minimum Gasteiger partial charge on any atom is -0.322 e. The maximum Gasteiger partial charge on any atom is 0.255 e. The molecule has 0 aliphatic heterocycles. The molecule has 0 spiro atoms. The predicted octanol–water partition coefficient (Wildman–Crippen LogP) is 4.40. The smallest absolute Gasteiger partial charge is 0.255 e. The molecule has 0 radical (unpaired) electrons. The number of fused-ring (bicyclic) bond motifs is 1. The maximum atomic E-state index is 12.6. The second-order valence-corrected chi connectivity index (χ2v) is 8.30. The molecule has 5 rings (SSSR count). The Labute approximate surface area is 156 Å². The number of hydrogen-bond donors (Lipinski definition) is 2. The summed E-state index contributed by atoms with van der Waals surface area (Å²) in [7, 11) is 0. The molecule has 2 aliphatic rings. The first-order valence-electron chi connectivity index (χ1n) is 9.24. The first-order valence-corrected chi connectivity index (χ1v) is 10.1. The number of amides is 1. The van der Waals surface area contributed by atoms with Gasteiger partial charge in [-0.3, -0.25) is 4.79 Å². The minimum absolute atomic E-state index is 0.0652. The Balaban J connectivity index is 1.26. The third-order valence-corrected chi connectivity index (χ3v) is 6.13. The van der Waals surface area contributed by atoms with Gasteiger partial charge in [-0.1, -0.05) is 12.1 Å². The van der Waals surface area contributed by atoms with Gasteiger partial charge in [0.05, 0.1) is 15.7 Å². The maximum absolute atomic E-state index is 12.6. The van der Waals surface area contributed by atoms with Gasteiger partial charge in [-0.25, -0.2) is 4.98 Å². The van der Waals surface area contributed by atoms with Crippen molar-refractivity contribution in [2.24, 2.45) is 5.92 Å². The van der Waals surface area contributed by atoms with E-state index in [0.29, 0.717) is 17.5 Å². The molecule has 1 aromatic heterocycles. The Hall–Kier alpha value is -2.24. The second-order valence-electron chi connectivity index (χ2n) is 7.41. The molecule has 26 heavy (non-hydrogen) atoms. The number of hydrogen-bond acceptors (Lipinski definition) is 4. The molecule has 5 heteroatoms. The van der Waals surface area contributed by atoms with E-state index >= 15 is 0 Å². The van der Waals surface area contributed by atoms with Crippen LogP contribution in [0.2, 0.25) is 0 Å². The zero-order valence-electron chi connectivity index (χ0n) is 14.4. The fraction of sp³-hybridized carbons (Fsp3) is 0.333. The van der Waals surface area contributed by atoms with Crippen molar-refractivity contribution in [2.75, 3.05) is 11.9 Å². The lowest BCUT2D eigenvalue weighted by molar-refractivity contribution is 0.102. The molecule has 2 saturated carbocycles. The lowest BCUT2D eigenvalue weighted by Crippen LogP contribution is -2.20. The van der Waals surface area contributed by atoms with Crippen molar-refractivity contribution in [1.82, 2.24) is 10.3 Å². The van der Waals surface area contributed by atoms with Crippen LogP contribution in [0.4, 0.5) is 5.69 Å². The van der Waals surface area contributed by atoms with Crippen molar-refractivity contribution < 1.29 is 4.79 Å². The van der Waals surface area contributed by atoms with Crippen molar-refractivity contribution in [3.8, 4) is 0 Å². The molecule has 2 fully saturated rings. The average molecular weight is 363 g/mol. The van der Waals surface area contributed by atoms with Crippen molar-refractivity contribution >= 4 is 33.1 Å². The Morgan fingerprint density at radius 2 is 2.12 bits per heavy atom. The third kappa shape index (κ3) is 3.37. The van der Waals surface area contributed by atoms with Gasteiger partial charge in [0, 0.05) is 23.2 Å². The van der Waals surface area contributed by atoms with Crippen LogP contribution >= 0.6 is 11.3 Å². The van der Waals surface area contributed by atoms with E-state index in [1.165, 1.54) is 24.8 Å². The van der Waals surface area contributed by atoms with E-state index in [-0.39, 0.29) is 5.91 Å². The summed E-state index contributed by atoms with van der Waals surface area (Å²) in [5.41, 5.74) is 5.51. The van der Waals surface area contributed by atoms with E-state index in [4.69, 9.17) is 0 Å². The minimum atomic E-state index is -0.0652. The molecular formula is C21H21N3OS. The van der Waals surface area contributed by atoms with Crippen LogP contribution < -0.4 is 10.6 Å². The first-order chi connectivity index (χ1) is 12.8. The van der Waals surface area contributed by atoms with Gasteiger partial charge in [-0.15, -0.1) is 11.3 Å². The van der Waals surface area contributed by atoms with E-state index in [2.05, 4.69) is 21.7 Å². The van der Waals surface area contributed by atoms with Crippen LogP contribution in [0.1, 0.15) is 41.1 Å². The summed E-state index contributed by atoms with van der Waals surface area (Å²) >= 11 is 1.60. The van der Waals surface area contributed by atoms with Gasteiger partial charge in [-0.05, 0) is 67.6 Å². The number of aromatic nitrogens is 1. The lowest BCUT2D eigenvalue weighted by Gasteiger charge is -2.08. The molecule has 2 aliphatic carbocycles. The molecule has 0 unspecified atom stereocenters. The van der Waals surface area contributed by atoms with Gasteiger partial charge in [0.2, 0.25) is 0 Å². The first kappa shape index (κ1) is 16.0. The zero-order chi connectivity index (χ0) is 17.5. The van der Waals surface area contributed by atoms with Crippen molar-refractivity contribution in [3.63, 3.8) is 0 Å². The molecular weight excluding hydrogens is 342 g/mol. The van der Waals surface area contributed by atoms with Crippen LogP contribution in [0.3, 0.4) is 0 Å². The molecule has 0 bridgehead atoms. The summed E-state index contributed by atoms with van der Waals surface area (Å²) in [5.74, 6) is 1.39. The van der Waals surface area contributed by atoms with Gasteiger partial charge >= 0.3 is 0 Å². The van der Waals surface area contributed by atoms with Gasteiger partial charge in [0.1, 0.15) is 0 Å². The third-order valence-electron chi connectivity index (χ3n) is 5.32. The molecule has 0 saturated heterocycles. The number of benzene rings is 2. The topological polar surface area (TPSA) is 54.0 Å². The van der Waals surface area contributed by atoms with Gasteiger partial charge in [-0.2, -0.15) is 0 Å². The zero-order valence-corrected chi connectivity index (χ0v) is 15.3. The number of nitrogens with one attached hydrogen (secondary N) is 2. The molecule has 1 amide bonds. The standard InChI is InChI=1S/C21H21N3OS/c25-21(24-16-6-7-20-19(9-16)23-12-26-20)15-3-1-2-14(8-15)17-10-18(17)22-11-13-4-5-13/h1-3,6-9,12-13,17-18,22H,4-5,10-11H2,(H,24,25)/t17-,18+/m0/s1. The molecule has 1 heterocycles. The molecule has 3 aromatic rings. The number of anilines is 1. The van der Waals surface area contributed by atoms with Crippen molar-refractivity contribution in [2.45, 2.75) is 31.2 Å². The molecule has 4 nitrogen and oxygen atoms in total. The number of thiazole rings is 1. The van der Waals surface area contributed by atoms with E-state index in [0.717, 1.165) is 28.4 Å². The molecule has 2 atom stereocenters. The number of nitrogens with zero attached hydrogens (tertiary/aromatic N) is 1. The number of rotatable bonds is 6. The average Bonchev–Trinajstić information content (AvgIpc) is 3.57. The Morgan fingerprint density at radius 3 is 3.00 bits per heavy atom. The Morgan fingerprint density at radius 1 is 1.19 bits per heavy atom. The van der Waals surface area contributed by atoms with Crippen molar-refractivity contribution in [1.29, 1.82) is 0 Å². The highest BCUT2D eigenvalue weighted by Gasteiger charge is 2.39. The summed E-state index contributed by atoms with van der Waals surface area (Å²) in [6.45, 7) is 1.15. The highest BCUT2D eigenvalue weighted by Crippen LogP contribution is 2.41. The van der Waals surface area contributed by atoms with E-state index < -0.39 is 0 Å². The van der Waals surface area contributed by atoms with E-state index in [1.807, 2.05) is 41.9 Å². The monoisotopic (exact) mass is 363 g/mol.